The van der Waals surface area contributed by atoms with E-state index in [1.807, 2.05) is 0 Å². The minimum atomic E-state index is -2.89. The molecular formula is C9H15F2NO. The number of hydrogen-bond donors (Lipinski definition) is 1. The van der Waals surface area contributed by atoms with Crippen molar-refractivity contribution in [3.63, 3.8) is 0 Å². The van der Waals surface area contributed by atoms with E-state index in [-0.39, 0.29) is 6.04 Å². The Bertz CT molecular complexity index is 194. The van der Waals surface area contributed by atoms with E-state index in [2.05, 4.69) is 12.2 Å². The standard InChI is InChI=1S/C9H15F2NO/c1-6-3-7(4-6)12-8(13)5-9(2,10)11/h6-7H,3-5H2,1-2H3,(H,12,13). The van der Waals surface area contributed by atoms with Gasteiger partial charge in [0, 0.05) is 6.04 Å². The third kappa shape index (κ3) is 3.70. The zero-order chi connectivity index (χ0) is 10.1. The van der Waals surface area contributed by atoms with E-state index in [1.165, 1.54) is 0 Å². The van der Waals surface area contributed by atoms with Gasteiger partial charge in [-0.25, -0.2) is 8.78 Å². The summed E-state index contributed by atoms with van der Waals surface area (Å²) in [5.41, 5.74) is 0. The van der Waals surface area contributed by atoms with Crippen LogP contribution in [0.25, 0.3) is 0 Å². The van der Waals surface area contributed by atoms with Crippen LogP contribution < -0.4 is 5.32 Å². The Morgan fingerprint density at radius 3 is 2.46 bits per heavy atom. The topological polar surface area (TPSA) is 29.1 Å². The van der Waals surface area contributed by atoms with Gasteiger partial charge in [0.15, 0.2) is 0 Å². The number of rotatable bonds is 3. The largest absolute Gasteiger partial charge is 0.353 e. The van der Waals surface area contributed by atoms with Crippen molar-refractivity contribution in [1.82, 2.24) is 5.32 Å². The first kappa shape index (κ1) is 10.4. The first-order chi connectivity index (χ1) is 5.87. The Labute approximate surface area is 76.7 Å². The highest BCUT2D eigenvalue weighted by atomic mass is 19.3. The summed E-state index contributed by atoms with van der Waals surface area (Å²) in [7, 11) is 0. The van der Waals surface area contributed by atoms with Crippen LogP contribution in [-0.2, 0) is 4.79 Å². The van der Waals surface area contributed by atoms with Gasteiger partial charge in [0.1, 0.15) is 0 Å². The molecule has 0 aliphatic heterocycles. The second-order valence-corrected chi connectivity index (χ2v) is 4.09. The van der Waals surface area contributed by atoms with E-state index in [0.29, 0.717) is 5.92 Å². The Balaban J connectivity index is 2.19. The Kier molecular flexibility index (Phi) is 2.88. The highest BCUT2D eigenvalue weighted by Gasteiger charge is 2.30. The second-order valence-electron chi connectivity index (χ2n) is 4.09. The molecular weight excluding hydrogens is 176 g/mol. The quantitative estimate of drug-likeness (QED) is 0.725. The van der Waals surface area contributed by atoms with Crippen molar-refractivity contribution < 1.29 is 13.6 Å². The number of nitrogens with one attached hydrogen (secondary N) is 1. The van der Waals surface area contributed by atoms with Gasteiger partial charge < -0.3 is 5.32 Å². The molecule has 13 heavy (non-hydrogen) atoms. The molecule has 1 N–H and O–H groups in total. The first-order valence-corrected chi connectivity index (χ1v) is 4.54. The molecule has 0 atom stereocenters. The summed E-state index contributed by atoms with van der Waals surface area (Å²) < 4.78 is 24.7. The fourth-order valence-electron chi connectivity index (χ4n) is 1.58. The molecule has 4 heteroatoms. The minimum Gasteiger partial charge on any atom is -0.353 e. The molecule has 1 amide bonds. The Morgan fingerprint density at radius 1 is 1.54 bits per heavy atom. The fourth-order valence-corrected chi connectivity index (χ4v) is 1.58. The highest BCUT2D eigenvalue weighted by Crippen LogP contribution is 2.26. The average Bonchev–Trinajstić information content (AvgIpc) is 1.79. The van der Waals surface area contributed by atoms with Crippen LogP contribution in [0.15, 0.2) is 0 Å². The van der Waals surface area contributed by atoms with Crippen molar-refractivity contribution in [2.45, 2.75) is 45.1 Å². The van der Waals surface area contributed by atoms with Gasteiger partial charge in [-0.2, -0.15) is 0 Å². The first-order valence-electron chi connectivity index (χ1n) is 4.54. The molecule has 0 saturated heterocycles. The van der Waals surface area contributed by atoms with Crippen molar-refractivity contribution in [3.05, 3.63) is 0 Å². The third-order valence-electron chi connectivity index (χ3n) is 2.21. The lowest BCUT2D eigenvalue weighted by Crippen LogP contribution is -2.44. The van der Waals surface area contributed by atoms with Crippen molar-refractivity contribution in [2.24, 2.45) is 5.92 Å². The summed E-state index contributed by atoms with van der Waals surface area (Å²) >= 11 is 0. The SMILES string of the molecule is CC1CC(NC(=O)CC(C)(F)F)C1. The average molecular weight is 191 g/mol. The number of amides is 1. The monoisotopic (exact) mass is 191 g/mol. The van der Waals surface area contributed by atoms with Crippen LogP contribution in [0.4, 0.5) is 8.78 Å². The van der Waals surface area contributed by atoms with Gasteiger partial charge in [0.05, 0.1) is 6.42 Å². The van der Waals surface area contributed by atoms with E-state index >= 15 is 0 Å². The normalized spacial score (nSPS) is 28.0. The zero-order valence-electron chi connectivity index (χ0n) is 7.94. The smallest absolute Gasteiger partial charge is 0.254 e. The number of hydrogen-bond acceptors (Lipinski definition) is 1. The molecule has 0 aromatic heterocycles. The molecule has 1 aliphatic rings. The van der Waals surface area contributed by atoms with E-state index < -0.39 is 18.3 Å². The van der Waals surface area contributed by atoms with Crippen molar-refractivity contribution in [1.29, 1.82) is 0 Å². The minimum absolute atomic E-state index is 0.129. The van der Waals surface area contributed by atoms with Crippen molar-refractivity contribution in [2.75, 3.05) is 0 Å². The maximum atomic E-state index is 12.4. The van der Waals surface area contributed by atoms with Crippen LogP contribution in [0.1, 0.15) is 33.1 Å². The molecule has 1 saturated carbocycles. The molecule has 0 aromatic rings. The highest BCUT2D eigenvalue weighted by molar-refractivity contribution is 5.77. The molecule has 0 spiro atoms. The molecule has 1 fully saturated rings. The maximum Gasteiger partial charge on any atom is 0.254 e. The molecule has 1 aliphatic carbocycles. The number of carbonyl (C=O) groups is 1. The summed E-state index contributed by atoms with van der Waals surface area (Å²) in [6.45, 7) is 2.84. The fraction of sp³-hybridized carbons (Fsp3) is 0.889. The van der Waals surface area contributed by atoms with Gasteiger partial charge in [-0.05, 0) is 25.7 Å². The molecule has 0 bridgehead atoms. The Morgan fingerprint density at radius 2 is 2.08 bits per heavy atom. The molecule has 0 heterocycles. The predicted octanol–water partition coefficient (Wildman–Crippen LogP) is 1.95. The van der Waals surface area contributed by atoms with Gasteiger partial charge in [-0.1, -0.05) is 6.92 Å². The lowest BCUT2D eigenvalue weighted by molar-refractivity contribution is -0.128. The molecule has 0 unspecified atom stereocenters. The summed E-state index contributed by atoms with van der Waals surface area (Å²) in [6, 6.07) is 0.129. The number of alkyl halides is 2. The summed E-state index contributed by atoms with van der Waals surface area (Å²) in [6.07, 6.45) is 1.14. The van der Waals surface area contributed by atoms with Crippen molar-refractivity contribution >= 4 is 5.91 Å². The second kappa shape index (κ2) is 3.60. The van der Waals surface area contributed by atoms with Crippen LogP contribution in [0, 0.1) is 5.92 Å². The van der Waals surface area contributed by atoms with Gasteiger partial charge >= 0.3 is 0 Å². The van der Waals surface area contributed by atoms with Crippen molar-refractivity contribution in [3.8, 4) is 0 Å². The van der Waals surface area contributed by atoms with Gasteiger partial charge in [-0.15, -0.1) is 0 Å². The van der Waals surface area contributed by atoms with Crippen LogP contribution in [0.3, 0.4) is 0 Å². The third-order valence-corrected chi connectivity index (χ3v) is 2.21. The summed E-state index contributed by atoms with van der Waals surface area (Å²) in [5, 5.41) is 2.58. The lowest BCUT2D eigenvalue weighted by atomic mass is 9.82. The summed E-state index contributed by atoms with van der Waals surface area (Å²) in [4.78, 5) is 11.0. The molecule has 76 valence electrons. The number of halogens is 2. The van der Waals surface area contributed by atoms with E-state index in [0.717, 1.165) is 19.8 Å². The molecule has 0 radical (unpaired) electrons. The van der Waals surface area contributed by atoms with Crippen LogP contribution >= 0.6 is 0 Å². The molecule has 0 aromatic carbocycles. The number of carbonyl (C=O) groups excluding carboxylic acids is 1. The predicted molar refractivity (Wildman–Crippen MR) is 45.6 cm³/mol. The lowest BCUT2D eigenvalue weighted by Gasteiger charge is -2.33. The Hall–Kier alpha value is -0.670. The zero-order valence-corrected chi connectivity index (χ0v) is 7.94. The van der Waals surface area contributed by atoms with Crippen LogP contribution in [0.5, 0.6) is 0 Å². The van der Waals surface area contributed by atoms with Gasteiger partial charge in [0.2, 0.25) is 5.91 Å². The van der Waals surface area contributed by atoms with Crippen LogP contribution in [-0.4, -0.2) is 17.9 Å². The summed E-state index contributed by atoms with van der Waals surface area (Å²) in [5.74, 6) is -2.81. The van der Waals surface area contributed by atoms with Gasteiger partial charge in [-0.3, -0.25) is 4.79 Å². The van der Waals surface area contributed by atoms with Crippen LogP contribution in [0.2, 0.25) is 0 Å². The molecule has 2 nitrogen and oxygen atoms in total. The van der Waals surface area contributed by atoms with Gasteiger partial charge in [0.25, 0.3) is 5.92 Å². The molecule has 1 rings (SSSR count). The van der Waals surface area contributed by atoms with E-state index in [9.17, 15) is 13.6 Å². The van der Waals surface area contributed by atoms with E-state index in [1.54, 1.807) is 0 Å². The maximum absolute atomic E-state index is 12.4. The van der Waals surface area contributed by atoms with E-state index in [4.69, 9.17) is 0 Å².